The van der Waals surface area contributed by atoms with Gasteiger partial charge in [-0.05, 0) is 66.9 Å². The Labute approximate surface area is 212 Å². The number of esters is 1. The fourth-order valence-electron chi connectivity index (χ4n) is 5.05. The monoisotopic (exact) mass is 481 g/mol. The maximum Gasteiger partial charge on any atom is 0.337 e. The molecule has 1 fully saturated rings. The summed E-state index contributed by atoms with van der Waals surface area (Å²) in [5.74, 6) is -1.18. The minimum atomic E-state index is -0.578. The van der Waals surface area contributed by atoms with Crippen molar-refractivity contribution in [2.45, 2.75) is 38.1 Å². The first kappa shape index (κ1) is 23.9. The number of methoxy groups -OCH3 is 1. The van der Waals surface area contributed by atoms with Gasteiger partial charge >= 0.3 is 5.97 Å². The van der Waals surface area contributed by atoms with Gasteiger partial charge in [-0.2, -0.15) is 0 Å². The zero-order chi connectivity index (χ0) is 24.9. The van der Waals surface area contributed by atoms with E-state index in [1.807, 2.05) is 48.5 Å². The third-order valence-corrected chi connectivity index (χ3v) is 6.94. The molecule has 1 unspecified atom stereocenters. The smallest absolute Gasteiger partial charge is 0.337 e. The molecule has 6 heteroatoms. The second kappa shape index (κ2) is 10.9. The molecule has 2 heterocycles. The van der Waals surface area contributed by atoms with Gasteiger partial charge in [0.15, 0.2) is 0 Å². The molecule has 2 aliphatic heterocycles. The summed E-state index contributed by atoms with van der Waals surface area (Å²) in [5, 5.41) is 2.93. The lowest BCUT2D eigenvalue weighted by Gasteiger charge is -2.19. The normalized spacial score (nSPS) is 18.3. The van der Waals surface area contributed by atoms with Crippen molar-refractivity contribution >= 4 is 29.0 Å². The molecule has 6 nitrogen and oxygen atoms in total. The third kappa shape index (κ3) is 5.24. The highest BCUT2D eigenvalue weighted by Crippen LogP contribution is 2.37. The molecule has 0 bridgehead atoms. The highest BCUT2D eigenvalue weighted by Gasteiger charge is 2.36. The molecule has 1 saturated heterocycles. The number of nitrogens with one attached hydrogen (secondary N) is 1. The van der Waals surface area contributed by atoms with Gasteiger partial charge < -0.3 is 10.1 Å². The Morgan fingerprint density at radius 2 is 1.67 bits per heavy atom. The predicted molar refractivity (Wildman–Crippen MR) is 142 cm³/mol. The zero-order valence-corrected chi connectivity index (χ0v) is 20.6. The molecule has 1 amide bonds. The molecule has 0 spiro atoms. The van der Waals surface area contributed by atoms with Gasteiger partial charge in [-0.3, -0.25) is 14.7 Å². The van der Waals surface area contributed by atoms with Crippen LogP contribution in [-0.4, -0.2) is 42.7 Å². The number of hydrogen-bond acceptors (Lipinski definition) is 5. The van der Waals surface area contributed by atoms with E-state index in [0.717, 1.165) is 36.4 Å². The first-order chi connectivity index (χ1) is 17.6. The van der Waals surface area contributed by atoms with Crippen LogP contribution in [0.5, 0.6) is 0 Å². The highest BCUT2D eigenvalue weighted by atomic mass is 16.5. The van der Waals surface area contributed by atoms with Crippen LogP contribution in [0.3, 0.4) is 0 Å². The summed E-state index contributed by atoms with van der Waals surface area (Å²) in [6.45, 7) is 3.27. The van der Waals surface area contributed by atoms with Crippen LogP contribution < -0.4 is 5.32 Å². The maximum atomic E-state index is 13.2. The number of benzene rings is 3. The van der Waals surface area contributed by atoms with Gasteiger partial charge in [0.25, 0.3) is 0 Å². The van der Waals surface area contributed by atoms with Crippen molar-refractivity contribution in [2.75, 3.05) is 25.5 Å². The van der Waals surface area contributed by atoms with Gasteiger partial charge in [0.05, 0.1) is 24.1 Å². The molecular formula is C30H31N3O3. The number of nitrogens with zero attached hydrogens (tertiary/aromatic N) is 2. The van der Waals surface area contributed by atoms with Crippen LogP contribution in [0.25, 0.3) is 0 Å². The van der Waals surface area contributed by atoms with E-state index in [9.17, 15) is 9.59 Å². The van der Waals surface area contributed by atoms with Gasteiger partial charge in [0.2, 0.25) is 5.91 Å². The average molecular weight is 482 g/mol. The van der Waals surface area contributed by atoms with Gasteiger partial charge in [-0.25, -0.2) is 4.79 Å². The van der Waals surface area contributed by atoms with Crippen LogP contribution >= 0.6 is 0 Å². The minimum Gasteiger partial charge on any atom is -0.465 e. The predicted octanol–water partition coefficient (Wildman–Crippen LogP) is 5.71. The molecule has 2 aliphatic rings. The molecule has 1 N–H and O–H groups in total. The number of rotatable bonds is 6. The number of likely N-dealkylation sites (tertiary alicyclic amines) is 1. The van der Waals surface area contributed by atoms with Gasteiger partial charge in [-0.15, -0.1) is 0 Å². The van der Waals surface area contributed by atoms with E-state index >= 15 is 0 Å². The lowest BCUT2D eigenvalue weighted by molar-refractivity contribution is -0.115. The number of anilines is 1. The summed E-state index contributed by atoms with van der Waals surface area (Å²) >= 11 is 0. The SMILES string of the molecule is COC(=O)c1ccc2c(c1)NC(=O)C2C(=Nc1ccc(CN2CCCCCC2)cc1)c1ccccc1. The fourth-order valence-corrected chi connectivity index (χ4v) is 5.05. The largest absolute Gasteiger partial charge is 0.465 e. The van der Waals surface area contributed by atoms with Crippen molar-refractivity contribution in [3.63, 3.8) is 0 Å². The maximum absolute atomic E-state index is 13.2. The van der Waals surface area contributed by atoms with E-state index in [4.69, 9.17) is 9.73 Å². The van der Waals surface area contributed by atoms with Crippen molar-refractivity contribution in [3.8, 4) is 0 Å². The van der Waals surface area contributed by atoms with Crippen molar-refractivity contribution in [1.29, 1.82) is 0 Å². The summed E-state index contributed by atoms with van der Waals surface area (Å²) < 4.78 is 4.83. The second-order valence-corrected chi connectivity index (χ2v) is 9.44. The first-order valence-electron chi connectivity index (χ1n) is 12.6. The van der Waals surface area contributed by atoms with E-state index in [0.29, 0.717) is 17.0 Å². The number of hydrogen-bond donors (Lipinski definition) is 1. The van der Waals surface area contributed by atoms with E-state index in [2.05, 4.69) is 22.3 Å². The highest BCUT2D eigenvalue weighted by molar-refractivity contribution is 6.24. The van der Waals surface area contributed by atoms with Crippen LogP contribution in [0.4, 0.5) is 11.4 Å². The van der Waals surface area contributed by atoms with Crippen LogP contribution in [0.1, 0.15) is 58.6 Å². The van der Waals surface area contributed by atoms with Crippen LogP contribution in [0.15, 0.2) is 77.8 Å². The minimum absolute atomic E-state index is 0.160. The number of fused-ring (bicyclic) bond motifs is 1. The van der Waals surface area contributed by atoms with E-state index < -0.39 is 11.9 Å². The number of amides is 1. The molecule has 184 valence electrons. The Morgan fingerprint density at radius 1 is 0.944 bits per heavy atom. The summed E-state index contributed by atoms with van der Waals surface area (Å²) in [5.41, 5.74) is 5.46. The van der Waals surface area contributed by atoms with Crippen molar-refractivity contribution in [3.05, 3.63) is 95.1 Å². The molecule has 5 rings (SSSR count). The molecular weight excluding hydrogens is 450 g/mol. The van der Waals surface area contributed by atoms with Gasteiger partial charge in [0.1, 0.15) is 5.92 Å². The number of ether oxygens (including phenoxy) is 1. The van der Waals surface area contributed by atoms with Crippen LogP contribution in [0, 0.1) is 0 Å². The first-order valence-corrected chi connectivity index (χ1v) is 12.6. The molecule has 0 saturated carbocycles. The quantitative estimate of drug-likeness (QED) is 0.362. The summed E-state index contributed by atoms with van der Waals surface area (Å²) in [7, 11) is 1.34. The lowest BCUT2D eigenvalue weighted by Crippen LogP contribution is -2.23. The van der Waals surface area contributed by atoms with Crippen molar-refractivity contribution in [2.24, 2.45) is 4.99 Å². The Balaban J connectivity index is 1.46. The molecule has 36 heavy (non-hydrogen) atoms. The van der Waals surface area contributed by atoms with E-state index in [1.54, 1.807) is 12.1 Å². The Hall–Kier alpha value is -3.77. The summed E-state index contributed by atoms with van der Waals surface area (Å²) in [4.78, 5) is 32.7. The zero-order valence-electron chi connectivity index (χ0n) is 20.6. The van der Waals surface area contributed by atoms with Crippen molar-refractivity contribution < 1.29 is 14.3 Å². The van der Waals surface area contributed by atoms with Crippen LogP contribution in [0.2, 0.25) is 0 Å². The number of aliphatic imine (C=N–C) groups is 1. The standard InChI is InChI=1S/C30H31N3O3/c1-36-30(35)23-13-16-25-26(19-23)32-29(34)27(25)28(22-9-5-4-6-10-22)31-24-14-11-21(12-15-24)20-33-17-7-2-3-8-18-33/h4-6,9-16,19,27H,2-3,7-8,17-18,20H2,1H3,(H,32,34). The molecule has 1 atom stereocenters. The van der Waals surface area contributed by atoms with E-state index in [1.165, 1.54) is 38.4 Å². The molecule has 0 radical (unpaired) electrons. The molecule has 3 aromatic carbocycles. The van der Waals surface area contributed by atoms with E-state index in [-0.39, 0.29) is 5.91 Å². The van der Waals surface area contributed by atoms with Crippen molar-refractivity contribution in [1.82, 2.24) is 4.90 Å². The van der Waals surface area contributed by atoms with Crippen LogP contribution in [-0.2, 0) is 16.1 Å². The lowest BCUT2D eigenvalue weighted by atomic mass is 9.90. The average Bonchev–Trinajstić information content (AvgIpc) is 3.05. The Kier molecular flexibility index (Phi) is 7.23. The fraction of sp³-hybridized carbons (Fsp3) is 0.300. The summed E-state index contributed by atoms with van der Waals surface area (Å²) in [6.07, 6.45) is 5.20. The van der Waals surface area contributed by atoms with Gasteiger partial charge in [-0.1, -0.05) is 61.4 Å². The number of carbonyl (C=O) groups excluding carboxylic acids is 2. The second-order valence-electron chi connectivity index (χ2n) is 9.44. The Bertz CT molecular complexity index is 1260. The Morgan fingerprint density at radius 3 is 2.36 bits per heavy atom. The topological polar surface area (TPSA) is 71.0 Å². The third-order valence-electron chi connectivity index (χ3n) is 6.94. The molecule has 3 aromatic rings. The summed E-state index contributed by atoms with van der Waals surface area (Å²) in [6, 6.07) is 23.3. The molecule has 0 aromatic heterocycles. The van der Waals surface area contributed by atoms with Gasteiger partial charge in [0, 0.05) is 12.2 Å². The molecule has 0 aliphatic carbocycles. The number of carbonyl (C=O) groups is 2.